The monoisotopic (exact) mass is 212 g/mol. The summed E-state index contributed by atoms with van der Waals surface area (Å²) in [6.45, 7) is 2.12. The van der Waals surface area contributed by atoms with Crippen molar-refractivity contribution in [1.82, 2.24) is 0 Å². The fourth-order valence-electron chi connectivity index (χ4n) is 1.78. The first-order valence-electron chi connectivity index (χ1n) is 4.51. The summed E-state index contributed by atoms with van der Waals surface area (Å²) in [7, 11) is 0. The van der Waals surface area contributed by atoms with Gasteiger partial charge in [0.05, 0.1) is 0 Å². The van der Waals surface area contributed by atoms with Gasteiger partial charge < -0.3 is 0 Å². The SMILES string of the molecule is CSC1(CCCC(F)(F)F)CC1C. The first-order chi connectivity index (χ1) is 5.90. The first-order valence-corrected chi connectivity index (χ1v) is 5.74. The average molecular weight is 212 g/mol. The lowest BCUT2D eigenvalue weighted by atomic mass is 10.1. The van der Waals surface area contributed by atoms with Crippen molar-refractivity contribution in [3.8, 4) is 0 Å². The van der Waals surface area contributed by atoms with Gasteiger partial charge in [0.1, 0.15) is 0 Å². The van der Waals surface area contributed by atoms with Gasteiger partial charge in [-0.25, -0.2) is 0 Å². The van der Waals surface area contributed by atoms with Crippen molar-refractivity contribution in [2.24, 2.45) is 5.92 Å². The van der Waals surface area contributed by atoms with Crippen LogP contribution in [0.1, 0.15) is 32.6 Å². The van der Waals surface area contributed by atoms with Gasteiger partial charge in [-0.15, -0.1) is 0 Å². The molecule has 0 aliphatic heterocycles. The van der Waals surface area contributed by atoms with Crippen molar-refractivity contribution in [2.75, 3.05) is 6.26 Å². The molecule has 2 unspecified atom stereocenters. The van der Waals surface area contributed by atoms with Crippen LogP contribution in [0.2, 0.25) is 0 Å². The van der Waals surface area contributed by atoms with E-state index in [0.717, 1.165) is 12.8 Å². The quantitative estimate of drug-likeness (QED) is 0.682. The van der Waals surface area contributed by atoms with Crippen LogP contribution >= 0.6 is 11.8 Å². The van der Waals surface area contributed by atoms with Crippen LogP contribution in [0.5, 0.6) is 0 Å². The predicted molar refractivity (Wildman–Crippen MR) is 49.9 cm³/mol. The van der Waals surface area contributed by atoms with E-state index in [9.17, 15) is 13.2 Å². The average Bonchev–Trinajstić information content (AvgIpc) is 2.60. The molecule has 0 radical (unpaired) electrons. The highest BCUT2D eigenvalue weighted by Crippen LogP contribution is 2.56. The summed E-state index contributed by atoms with van der Waals surface area (Å²) in [5.74, 6) is 0.607. The fourth-order valence-corrected chi connectivity index (χ4v) is 2.95. The molecule has 1 saturated carbocycles. The molecule has 0 aromatic rings. The fraction of sp³-hybridized carbons (Fsp3) is 1.00. The molecular formula is C9H15F3S. The summed E-state index contributed by atoms with van der Waals surface area (Å²) in [5.41, 5.74) is 0. The zero-order valence-electron chi connectivity index (χ0n) is 7.95. The minimum atomic E-state index is -3.97. The number of hydrogen-bond donors (Lipinski definition) is 0. The third-order valence-electron chi connectivity index (χ3n) is 2.86. The Balaban J connectivity index is 2.20. The highest BCUT2D eigenvalue weighted by atomic mass is 32.2. The van der Waals surface area contributed by atoms with Gasteiger partial charge in [-0.2, -0.15) is 24.9 Å². The molecule has 0 N–H and O–H groups in total. The number of alkyl halides is 3. The van der Waals surface area contributed by atoms with Crippen LogP contribution < -0.4 is 0 Å². The molecule has 0 bridgehead atoms. The number of halogens is 3. The summed E-state index contributed by atoms with van der Waals surface area (Å²) in [4.78, 5) is 0. The van der Waals surface area contributed by atoms with Crippen molar-refractivity contribution in [1.29, 1.82) is 0 Å². The van der Waals surface area contributed by atoms with E-state index in [4.69, 9.17) is 0 Å². The van der Waals surface area contributed by atoms with Gasteiger partial charge in [-0.1, -0.05) is 6.92 Å². The Morgan fingerprint density at radius 3 is 2.31 bits per heavy atom. The molecule has 78 valence electrons. The Bertz CT molecular complexity index is 174. The van der Waals surface area contributed by atoms with Crippen LogP contribution in [0.3, 0.4) is 0 Å². The van der Waals surface area contributed by atoms with E-state index in [1.165, 1.54) is 0 Å². The van der Waals surface area contributed by atoms with Crippen molar-refractivity contribution >= 4 is 11.8 Å². The van der Waals surface area contributed by atoms with Gasteiger partial charge >= 0.3 is 6.18 Å². The van der Waals surface area contributed by atoms with Gasteiger partial charge in [0.25, 0.3) is 0 Å². The Morgan fingerprint density at radius 1 is 1.46 bits per heavy atom. The van der Waals surface area contributed by atoms with E-state index in [0.29, 0.717) is 5.92 Å². The van der Waals surface area contributed by atoms with Gasteiger partial charge in [-0.3, -0.25) is 0 Å². The van der Waals surface area contributed by atoms with Crippen molar-refractivity contribution in [3.05, 3.63) is 0 Å². The molecular weight excluding hydrogens is 197 g/mol. The molecule has 0 nitrogen and oxygen atoms in total. The van der Waals surface area contributed by atoms with E-state index >= 15 is 0 Å². The second kappa shape index (κ2) is 3.71. The van der Waals surface area contributed by atoms with E-state index in [1.54, 1.807) is 11.8 Å². The highest BCUT2D eigenvalue weighted by Gasteiger charge is 2.49. The van der Waals surface area contributed by atoms with Gasteiger partial charge in [0.15, 0.2) is 0 Å². The molecule has 1 aliphatic rings. The molecule has 0 aromatic heterocycles. The summed E-state index contributed by atoms with van der Waals surface area (Å²) in [6, 6.07) is 0. The lowest BCUT2D eigenvalue weighted by molar-refractivity contribution is -0.135. The summed E-state index contributed by atoms with van der Waals surface area (Å²) in [5, 5.41) is 0. The van der Waals surface area contributed by atoms with Crippen LogP contribution in [0.15, 0.2) is 0 Å². The Hall–Kier alpha value is 0.140. The van der Waals surface area contributed by atoms with E-state index in [2.05, 4.69) is 6.92 Å². The minimum absolute atomic E-state index is 0.186. The standard InChI is InChI=1S/C9H15F3S/c1-7-6-8(7,13-2)4-3-5-9(10,11)12/h7H,3-6H2,1-2H3. The summed E-state index contributed by atoms with van der Waals surface area (Å²) < 4.78 is 35.7. The summed E-state index contributed by atoms with van der Waals surface area (Å²) >= 11 is 1.73. The molecule has 0 amide bonds. The second-order valence-electron chi connectivity index (χ2n) is 3.84. The van der Waals surface area contributed by atoms with Crippen LogP contribution in [0.4, 0.5) is 13.2 Å². The molecule has 1 rings (SSSR count). The van der Waals surface area contributed by atoms with E-state index < -0.39 is 12.6 Å². The third kappa shape index (κ3) is 3.08. The minimum Gasteiger partial charge on any atom is -0.171 e. The Labute approximate surface area is 81.3 Å². The normalized spacial score (nSPS) is 33.5. The third-order valence-corrected chi connectivity index (χ3v) is 4.44. The van der Waals surface area contributed by atoms with Crippen molar-refractivity contribution in [3.63, 3.8) is 0 Å². The lowest BCUT2D eigenvalue weighted by Gasteiger charge is -2.13. The maximum Gasteiger partial charge on any atom is 0.389 e. The van der Waals surface area contributed by atoms with Crippen molar-refractivity contribution < 1.29 is 13.2 Å². The van der Waals surface area contributed by atoms with Crippen molar-refractivity contribution in [2.45, 2.75) is 43.5 Å². The Kier molecular flexibility index (Phi) is 3.20. The van der Waals surface area contributed by atoms with Gasteiger partial charge in [0, 0.05) is 11.2 Å². The zero-order valence-corrected chi connectivity index (χ0v) is 8.76. The molecule has 0 spiro atoms. The number of hydrogen-bond acceptors (Lipinski definition) is 1. The molecule has 2 atom stereocenters. The molecule has 1 fully saturated rings. The number of thioether (sulfide) groups is 1. The Morgan fingerprint density at radius 2 is 2.00 bits per heavy atom. The lowest BCUT2D eigenvalue weighted by Crippen LogP contribution is -2.11. The highest BCUT2D eigenvalue weighted by molar-refractivity contribution is 8.00. The molecule has 1 aliphatic carbocycles. The first kappa shape index (κ1) is 11.2. The molecule has 0 heterocycles. The van der Waals surface area contributed by atoms with Crippen LogP contribution in [-0.4, -0.2) is 17.2 Å². The van der Waals surface area contributed by atoms with Gasteiger partial charge in [0.2, 0.25) is 0 Å². The second-order valence-corrected chi connectivity index (χ2v) is 5.06. The van der Waals surface area contributed by atoms with Crippen LogP contribution in [0.25, 0.3) is 0 Å². The van der Waals surface area contributed by atoms with Crippen LogP contribution in [0, 0.1) is 5.92 Å². The predicted octanol–water partition coefficient (Wildman–Crippen LogP) is 3.86. The number of rotatable bonds is 4. The largest absolute Gasteiger partial charge is 0.389 e. The van der Waals surface area contributed by atoms with Gasteiger partial charge in [-0.05, 0) is 31.4 Å². The van der Waals surface area contributed by atoms with Crippen LogP contribution in [-0.2, 0) is 0 Å². The van der Waals surface area contributed by atoms with E-state index in [1.807, 2.05) is 6.26 Å². The molecule has 13 heavy (non-hydrogen) atoms. The topological polar surface area (TPSA) is 0 Å². The maximum absolute atomic E-state index is 11.8. The zero-order chi connectivity index (χ0) is 10.1. The maximum atomic E-state index is 11.8. The smallest absolute Gasteiger partial charge is 0.171 e. The molecule has 4 heteroatoms. The molecule has 0 aromatic carbocycles. The molecule has 0 saturated heterocycles. The van der Waals surface area contributed by atoms with E-state index in [-0.39, 0.29) is 11.2 Å². The summed E-state index contributed by atoms with van der Waals surface area (Å²) in [6.07, 6.45) is -0.508.